The quantitative estimate of drug-likeness (QED) is 0.343. The molecule has 3 aliphatic rings. The molecule has 4 heterocycles. The van der Waals surface area contributed by atoms with Crippen LogP contribution in [0.3, 0.4) is 0 Å². The van der Waals surface area contributed by atoms with Gasteiger partial charge in [-0.25, -0.2) is 4.39 Å². The first kappa shape index (κ1) is 30.9. The highest BCUT2D eigenvalue weighted by Crippen LogP contribution is 2.25. The molecule has 0 unspecified atom stereocenters. The zero-order valence-electron chi connectivity index (χ0n) is 25.4. The molecule has 0 fully saturated rings. The predicted octanol–water partition coefficient (Wildman–Crippen LogP) is 7.79. The summed E-state index contributed by atoms with van der Waals surface area (Å²) in [4.78, 5) is 11.6. The third-order valence-electron chi connectivity index (χ3n) is 7.68. The van der Waals surface area contributed by atoms with Crippen molar-refractivity contribution in [3.05, 3.63) is 100 Å². The third-order valence-corrected chi connectivity index (χ3v) is 7.68. The molecule has 6 rings (SSSR count). The van der Waals surface area contributed by atoms with Gasteiger partial charge in [-0.2, -0.15) is 0 Å². The van der Waals surface area contributed by atoms with E-state index in [-0.39, 0.29) is 5.82 Å². The van der Waals surface area contributed by atoms with Crippen molar-refractivity contribution in [3.8, 4) is 0 Å². The second-order valence-electron chi connectivity index (χ2n) is 11.3. The van der Waals surface area contributed by atoms with Crippen LogP contribution in [-0.2, 0) is 39.3 Å². The van der Waals surface area contributed by atoms with Gasteiger partial charge < -0.3 is 0 Å². The van der Waals surface area contributed by atoms with Crippen molar-refractivity contribution in [2.24, 2.45) is 0 Å². The van der Waals surface area contributed by atoms with E-state index in [1.807, 2.05) is 32.2 Å². The van der Waals surface area contributed by atoms with Crippen LogP contribution in [0.5, 0.6) is 0 Å². The number of pyridine rings is 1. The van der Waals surface area contributed by atoms with E-state index in [0.717, 1.165) is 44.8 Å². The standard InChI is InChI=1S/C11H14FN.C11H15N.C10H14N2.C2H6/c1-8(2)13-6-9-3-4-11(12)5-10(9)7-13;1-9(2)12-7-10-5-3-4-6-11(10)8-12;1-8(2)12-6-9-4-3-5-11-10(9)7-12;1-2/h3-5,8H,6-7H2,1-2H3;3-6,9H,7-8H2,1-2H3;3-5,8H,6-7H2,1-2H3;1-2H3. The minimum absolute atomic E-state index is 0.121. The summed E-state index contributed by atoms with van der Waals surface area (Å²) in [6.07, 6.45) is 1.88. The summed E-state index contributed by atoms with van der Waals surface area (Å²) in [6, 6.07) is 19.8. The molecule has 0 radical (unpaired) electrons. The number of hydrogen-bond acceptors (Lipinski definition) is 4. The SMILES string of the molecule is CC.CC(C)N1Cc2ccc(F)cc2C1.CC(C)N1Cc2ccccc2C1.CC(C)N1Cc2cccnc2C1. The summed E-state index contributed by atoms with van der Waals surface area (Å²) in [5.74, 6) is -0.121. The lowest BCUT2D eigenvalue weighted by atomic mass is 10.1. The molecule has 212 valence electrons. The third kappa shape index (κ3) is 8.44. The lowest BCUT2D eigenvalue weighted by molar-refractivity contribution is 0.226. The Balaban J connectivity index is 0.000000157. The van der Waals surface area contributed by atoms with Gasteiger partial charge in [0.15, 0.2) is 0 Å². The Morgan fingerprint density at radius 3 is 1.51 bits per heavy atom. The van der Waals surface area contributed by atoms with Crippen molar-refractivity contribution in [2.45, 2.75) is 113 Å². The first-order chi connectivity index (χ1) is 18.7. The van der Waals surface area contributed by atoms with E-state index in [4.69, 9.17) is 0 Å². The average Bonchev–Trinajstić information content (AvgIpc) is 3.66. The minimum Gasteiger partial charge on any atom is -0.292 e. The molecule has 0 bridgehead atoms. The van der Waals surface area contributed by atoms with Gasteiger partial charge in [0.2, 0.25) is 0 Å². The number of nitrogens with zero attached hydrogens (tertiary/aromatic N) is 4. The van der Waals surface area contributed by atoms with Crippen LogP contribution in [0.1, 0.15) is 88.9 Å². The minimum atomic E-state index is -0.121. The fraction of sp³-hybridized carbons (Fsp3) is 0.500. The number of aromatic nitrogens is 1. The Hall–Kier alpha value is -2.60. The van der Waals surface area contributed by atoms with E-state index in [9.17, 15) is 4.39 Å². The van der Waals surface area contributed by atoms with Gasteiger partial charge >= 0.3 is 0 Å². The molecular weight excluding hydrogens is 483 g/mol. The van der Waals surface area contributed by atoms with Crippen LogP contribution in [-0.4, -0.2) is 37.8 Å². The van der Waals surface area contributed by atoms with E-state index in [1.165, 1.54) is 27.9 Å². The van der Waals surface area contributed by atoms with Crippen molar-refractivity contribution in [1.82, 2.24) is 19.7 Å². The average molecular weight is 533 g/mol. The molecule has 3 aromatic rings. The molecule has 1 aromatic heterocycles. The molecule has 2 aromatic carbocycles. The number of rotatable bonds is 3. The van der Waals surface area contributed by atoms with E-state index < -0.39 is 0 Å². The zero-order chi connectivity index (χ0) is 28.5. The Morgan fingerprint density at radius 2 is 1.00 bits per heavy atom. The molecule has 0 saturated heterocycles. The summed E-state index contributed by atoms with van der Waals surface area (Å²) < 4.78 is 12.9. The molecule has 0 spiro atoms. The maximum atomic E-state index is 12.9. The Kier molecular flexibility index (Phi) is 11.7. The van der Waals surface area contributed by atoms with Crippen molar-refractivity contribution < 1.29 is 4.39 Å². The smallest absolute Gasteiger partial charge is 0.123 e. The second-order valence-corrected chi connectivity index (χ2v) is 11.3. The largest absolute Gasteiger partial charge is 0.292 e. The monoisotopic (exact) mass is 532 g/mol. The molecule has 0 amide bonds. The van der Waals surface area contributed by atoms with Crippen molar-refractivity contribution in [1.29, 1.82) is 0 Å². The highest BCUT2D eigenvalue weighted by molar-refractivity contribution is 5.31. The van der Waals surface area contributed by atoms with E-state index in [2.05, 4.69) is 91.6 Å². The van der Waals surface area contributed by atoms with Crippen LogP contribution in [0, 0.1) is 5.82 Å². The topological polar surface area (TPSA) is 22.6 Å². The lowest BCUT2D eigenvalue weighted by Crippen LogP contribution is -2.24. The van der Waals surface area contributed by atoms with E-state index in [1.54, 1.807) is 12.1 Å². The first-order valence-corrected chi connectivity index (χ1v) is 14.7. The number of halogens is 1. The van der Waals surface area contributed by atoms with Crippen LogP contribution in [0.4, 0.5) is 4.39 Å². The maximum Gasteiger partial charge on any atom is 0.123 e. The van der Waals surface area contributed by atoms with Crippen molar-refractivity contribution in [2.75, 3.05) is 0 Å². The van der Waals surface area contributed by atoms with Crippen LogP contribution in [0.15, 0.2) is 60.8 Å². The van der Waals surface area contributed by atoms with E-state index >= 15 is 0 Å². The number of benzene rings is 2. The highest BCUT2D eigenvalue weighted by atomic mass is 19.1. The van der Waals surface area contributed by atoms with Crippen LogP contribution in [0.25, 0.3) is 0 Å². The molecule has 0 N–H and O–H groups in total. The van der Waals surface area contributed by atoms with Crippen molar-refractivity contribution >= 4 is 0 Å². The highest BCUT2D eigenvalue weighted by Gasteiger charge is 2.22. The molecule has 39 heavy (non-hydrogen) atoms. The Morgan fingerprint density at radius 1 is 0.564 bits per heavy atom. The van der Waals surface area contributed by atoms with Gasteiger partial charge in [0.05, 0.1) is 5.69 Å². The zero-order valence-corrected chi connectivity index (χ0v) is 25.4. The summed E-state index contributed by atoms with van der Waals surface area (Å²) >= 11 is 0. The summed E-state index contributed by atoms with van der Waals surface area (Å²) in [5.41, 5.74) is 8.08. The number of hydrogen-bond donors (Lipinski definition) is 0. The van der Waals surface area contributed by atoms with Crippen LogP contribution < -0.4 is 0 Å². The predicted molar refractivity (Wildman–Crippen MR) is 162 cm³/mol. The van der Waals surface area contributed by atoms with Gasteiger partial charge in [-0.15, -0.1) is 0 Å². The molecule has 0 aliphatic carbocycles. The molecule has 4 nitrogen and oxygen atoms in total. The molecular formula is C34H49FN4. The van der Waals surface area contributed by atoms with E-state index in [0.29, 0.717) is 18.1 Å². The summed E-state index contributed by atoms with van der Waals surface area (Å²) in [5, 5.41) is 0. The van der Waals surface area contributed by atoms with Gasteiger partial charge in [-0.1, -0.05) is 50.2 Å². The van der Waals surface area contributed by atoms with Gasteiger partial charge in [0, 0.05) is 63.6 Å². The molecule has 0 saturated carbocycles. The summed E-state index contributed by atoms with van der Waals surface area (Å²) in [6.45, 7) is 23.5. The van der Waals surface area contributed by atoms with Crippen LogP contribution >= 0.6 is 0 Å². The first-order valence-electron chi connectivity index (χ1n) is 14.7. The van der Waals surface area contributed by atoms with Crippen molar-refractivity contribution in [3.63, 3.8) is 0 Å². The fourth-order valence-corrected chi connectivity index (χ4v) is 5.07. The lowest BCUT2D eigenvalue weighted by Gasteiger charge is -2.18. The van der Waals surface area contributed by atoms with Crippen LogP contribution in [0.2, 0.25) is 0 Å². The molecule has 3 aliphatic heterocycles. The number of fused-ring (bicyclic) bond motifs is 3. The summed E-state index contributed by atoms with van der Waals surface area (Å²) in [7, 11) is 0. The van der Waals surface area contributed by atoms with Gasteiger partial charge in [-0.3, -0.25) is 19.7 Å². The van der Waals surface area contributed by atoms with Gasteiger partial charge in [0.25, 0.3) is 0 Å². The van der Waals surface area contributed by atoms with Gasteiger partial charge in [0.1, 0.15) is 5.82 Å². The molecule has 0 atom stereocenters. The Bertz CT molecular complexity index is 1060. The second kappa shape index (κ2) is 14.7. The Labute approximate surface area is 236 Å². The molecule has 5 heteroatoms. The maximum absolute atomic E-state index is 12.9. The fourth-order valence-electron chi connectivity index (χ4n) is 5.07. The van der Waals surface area contributed by atoms with Gasteiger partial charge in [-0.05, 0) is 87.6 Å². The normalized spacial score (nSPS) is 16.1.